The third kappa shape index (κ3) is 10.7. The second-order valence-corrected chi connectivity index (χ2v) is 1.80. The molecule has 0 aromatic heterocycles. The third-order valence-corrected chi connectivity index (χ3v) is 0.568. The van der Waals surface area contributed by atoms with E-state index in [0.717, 1.165) is 6.29 Å². The van der Waals surface area contributed by atoms with Crippen molar-refractivity contribution in [3.05, 3.63) is 0 Å². The molecule has 2 heteroatoms. The van der Waals surface area contributed by atoms with Gasteiger partial charge in [0.2, 0.25) is 0 Å². The van der Waals surface area contributed by atoms with Crippen molar-refractivity contribution in [1.29, 1.82) is 0 Å². The van der Waals surface area contributed by atoms with Gasteiger partial charge in [-0.1, -0.05) is 13.8 Å². The third-order valence-electron chi connectivity index (χ3n) is 0.568. The van der Waals surface area contributed by atoms with Crippen molar-refractivity contribution in [2.24, 2.45) is 5.92 Å². The highest BCUT2D eigenvalue weighted by atomic mass is 16.1. The molecular weight excluding hydrogens is 90.1 g/mol. The normalized spacial score (nSPS) is 7.86. The zero-order valence-electron chi connectivity index (χ0n) is 4.98. The van der Waals surface area contributed by atoms with Crippen LogP contribution < -0.4 is 6.15 Å². The molecule has 7 heavy (non-hydrogen) atoms. The van der Waals surface area contributed by atoms with Gasteiger partial charge >= 0.3 is 0 Å². The minimum atomic E-state index is 0. The summed E-state index contributed by atoms with van der Waals surface area (Å²) >= 11 is 0. The zero-order chi connectivity index (χ0) is 4.99. The summed E-state index contributed by atoms with van der Waals surface area (Å²) in [5.74, 6) is 0.530. The Kier molecular flexibility index (Phi) is 7.88. The van der Waals surface area contributed by atoms with Gasteiger partial charge in [0.25, 0.3) is 0 Å². The monoisotopic (exact) mass is 103 g/mol. The van der Waals surface area contributed by atoms with Gasteiger partial charge in [-0.3, -0.25) is 0 Å². The summed E-state index contributed by atoms with van der Waals surface area (Å²) in [4.78, 5) is 9.62. The van der Waals surface area contributed by atoms with E-state index in [1.54, 1.807) is 0 Å². The molecule has 44 valence electrons. The maximum atomic E-state index is 9.62. The predicted molar refractivity (Wildman–Crippen MR) is 30.5 cm³/mol. The van der Waals surface area contributed by atoms with Gasteiger partial charge in [0, 0.05) is 6.42 Å². The van der Waals surface area contributed by atoms with Crippen molar-refractivity contribution in [2.75, 3.05) is 0 Å². The maximum Gasteiger partial charge on any atom is 0.120 e. The summed E-state index contributed by atoms with van der Waals surface area (Å²) in [6, 6.07) is 0. The molecular formula is C5H13NO. The molecule has 0 saturated carbocycles. The van der Waals surface area contributed by atoms with E-state index in [4.69, 9.17) is 0 Å². The van der Waals surface area contributed by atoms with Crippen LogP contribution in [0.25, 0.3) is 0 Å². The fourth-order valence-corrected chi connectivity index (χ4v) is 0.192. The molecule has 0 atom stereocenters. The Balaban J connectivity index is 0. The van der Waals surface area contributed by atoms with Crippen LogP contribution >= 0.6 is 0 Å². The van der Waals surface area contributed by atoms with Crippen LogP contribution in [0.5, 0.6) is 0 Å². The first-order chi connectivity index (χ1) is 2.77. The summed E-state index contributed by atoms with van der Waals surface area (Å²) in [5.41, 5.74) is 0. The van der Waals surface area contributed by atoms with Crippen molar-refractivity contribution in [2.45, 2.75) is 20.3 Å². The number of hydrogen-bond donors (Lipinski definition) is 1. The quantitative estimate of drug-likeness (QED) is 0.537. The molecule has 0 radical (unpaired) electrons. The summed E-state index contributed by atoms with van der Waals surface area (Å²) in [6.45, 7) is 4.04. The van der Waals surface area contributed by atoms with E-state index in [1.165, 1.54) is 0 Å². The second kappa shape index (κ2) is 5.63. The van der Waals surface area contributed by atoms with E-state index in [0.29, 0.717) is 12.3 Å². The summed E-state index contributed by atoms with van der Waals surface area (Å²) in [6.07, 6.45) is 1.64. The van der Waals surface area contributed by atoms with Crippen LogP contribution in [0, 0.1) is 5.92 Å². The molecule has 0 fully saturated rings. The molecule has 0 aliphatic heterocycles. The van der Waals surface area contributed by atoms with E-state index in [1.807, 2.05) is 13.8 Å². The molecule has 0 rings (SSSR count). The molecule has 0 unspecified atom stereocenters. The van der Waals surface area contributed by atoms with E-state index in [2.05, 4.69) is 0 Å². The van der Waals surface area contributed by atoms with Crippen LogP contribution in [-0.2, 0) is 4.79 Å². The summed E-state index contributed by atoms with van der Waals surface area (Å²) in [7, 11) is 0. The largest absolute Gasteiger partial charge is 0.344 e. The lowest BCUT2D eigenvalue weighted by atomic mass is 10.2. The highest BCUT2D eigenvalue weighted by Crippen LogP contribution is 1.92. The highest BCUT2D eigenvalue weighted by molar-refractivity contribution is 5.49. The van der Waals surface area contributed by atoms with E-state index in [9.17, 15) is 4.79 Å². The van der Waals surface area contributed by atoms with Crippen molar-refractivity contribution in [3.8, 4) is 0 Å². The first-order valence-corrected chi connectivity index (χ1v) is 2.21. The molecule has 0 saturated heterocycles. The minimum absolute atomic E-state index is 0. The summed E-state index contributed by atoms with van der Waals surface area (Å²) < 4.78 is 0. The fraction of sp³-hybridized carbons (Fsp3) is 0.800. The summed E-state index contributed by atoms with van der Waals surface area (Å²) in [5, 5.41) is 0. The van der Waals surface area contributed by atoms with Crippen LogP contribution in [-0.4, -0.2) is 6.29 Å². The molecule has 0 aromatic rings. The predicted octanol–water partition coefficient (Wildman–Crippen LogP) is 1.39. The Hall–Kier alpha value is -0.370. The van der Waals surface area contributed by atoms with Crippen molar-refractivity contribution in [3.63, 3.8) is 0 Å². The topological polar surface area (TPSA) is 52.1 Å². The first kappa shape index (κ1) is 9.80. The lowest BCUT2D eigenvalue weighted by Crippen LogP contribution is -1.84. The van der Waals surface area contributed by atoms with Crippen LogP contribution in [0.15, 0.2) is 0 Å². The van der Waals surface area contributed by atoms with Crippen LogP contribution in [0.1, 0.15) is 20.3 Å². The molecule has 0 aromatic carbocycles. The lowest BCUT2D eigenvalue weighted by Gasteiger charge is -1.89. The molecule has 0 aliphatic carbocycles. The number of hydrogen-bond acceptors (Lipinski definition) is 2. The van der Waals surface area contributed by atoms with Crippen molar-refractivity contribution >= 4 is 6.29 Å². The van der Waals surface area contributed by atoms with Gasteiger partial charge in [-0.25, -0.2) is 0 Å². The zero-order valence-corrected chi connectivity index (χ0v) is 4.98. The fourth-order valence-electron chi connectivity index (χ4n) is 0.192. The number of aldehydes is 1. The van der Waals surface area contributed by atoms with Gasteiger partial charge in [0.05, 0.1) is 0 Å². The Morgan fingerprint density at radius 2 is 2.00 bits per heavy atom. The van der Waals surface area contributed by atoms with Gasteiger partial charge < -0.3 is 10.9 Å². The molecule has 3 N–H and O–H groups in total. The number of carbonyl (C=O) groups excluding carboxylic acids is 1. The van der Waals surface area contributed by atoms with Gasteiger partial charge in [-0.05, 0) is 5.92 Å². The van der Waals surface area contributed by atoms with Crippen LogP contribution in [0.3, 0.4) is 0 Å². The Morgan fingerprint density at radius 1 is 1.57 bits per heavy atom. The Morgan fingerprint density at radius 3 is 2.00 bits per heavy atom. The number of rotatable bonds is 2. The average molecular weight is 103 g/mol. The van der Waals surface area contributed by atoms with Gasteiger partial charge in [0.1, 0.15) is 6.29 Å². The van der Waals surface area contributed by atoms with E-state index < -0.39 is 0 Å². The highest BCUT2D eigenvalue weighted by Gasteiger charge is 1.85. The Labute approximate surface area is 44.5 Å². The number of carbonyl (C=O) groups is 1. The van der Waals surface area contributed by atoms with E-state index in [-0.39, 0.29) is 6.15 Å². The lowest BCUT2D eigenvalue weighted by molar-refractivity contribution is -0.108. The van der Waals surface area contributed by atoms with Crippen molar-refractivity contribution in [1.82, 2.24) is 6.15 Å². The molecule has 0 spiro atoms. The minimum Gasteiger partial charge on any atom is -0.344 e. The van der Waals surface area contributed by atoms with Crippen molar-refractivity contribution < 1.29 is 4.79 Å². The van der Waals surface area contributed by atoms with E-state index >= 15 is 0 Å². The molecule has 0 amide bonds. The molecule has 0 bridgehead atoms. The molecule has 0 aliphatic rings. The standard InChI is InChI=1S/C5H10O.H3N/c1-5(2)3-4-6;/h4-5H,3H2,1-2H3;1H3. The van der Waals surface area contributed by atoms with Gasteiger partial charge in [-0.15, -0.1) is 0 Å². The first-order valence-electron chi connectivity index (χ1n) is 2.21. The molecule has 0 heterocycles. The molecule has 2 nitrogen and oxygen atoms in total. The smallest absolute Gasteiger partial charge is 0.120 e. The Bertz CT molecular complexity index is 43.3. The maximum absolute atomic E-state index is 9.62. The van der Waals surface area contributed by atoms with Crippen LogP contribution in [0.4, 0.5) is 0 Å². The SMILES string of the molecule is CC(C)CC=O.N. The average Bonchev–Trinajstić information content (AvgIpc) is 1.35. The second-order valence-electron chi connectivity index (χ2n) is 1.80. The van der Waals surface area contributed by atoms with Gasteiger partial charge in [0.15, 0.2) is 0 Å². The van der Waals surface area contributed by atoms with Crippen LogP contribution in [0.2, 0.25) is 0 Å². The van der Waals surface area contributed by atoms with Gasteiger partial charge in [-0.2, -0.15) is 0 Å².